The van der Waals surface area contributed by atoms with Crippen LogP contribution in [0, 0.1) is 0 Å². The maximum absolute atomic E-state index is 5.94. The quantitative estimate of drug-likeness (QED) is 0.509. The number of nitrogens with zero attached hydrogens (tertiary/aromatic N) is 1. The van der Waals surface area contributed by atoms with Crippen LogP contribution in [0.15, 0.2) is 60.7 Å². The number of ether oxygens (including phenoxy) is 2. The minimum atomic E-state index is 0.440. The van der Waals surface area contributed by atoms with Crippen molar-refractivity contribution < 1.29 is 9.47 Å². The van der Waals surface area contributed by atoms with Gasteiger partial charge in [-0.05, 0) is 58.1 Å². The molecule has 3 aromatic carbocycles. The highest BCUT2D eigenvalue weighted by Gasteiger charge is 2.05. The van der Waals surface area contributed by atoms with Gasteiger partial charge in [-0.25, -0.2) is 0 Å². The third-order valence-electron chi connectivity index (χ3n) is 3.80. The number of hydrogen-bond acceptors (Lipinski definition) is 3. The molecule has 0 aliphatic rings. The molecule has 0 bridgehead atoms. The van der Waals surface area contributed by atoms with E-state index in [4.69, 9.17) is 21.7 Å². The molecule has 1 unspecified atom stereocenters. The van der Waals surface area contributed by atoms with E-state index in [0.29, 0.717) is 11.8 Å². The van der Waals surface area contributed by atoms with Gasteiger partial charge in [0.25, 0.3) is 5.17 Å². The van der Waals surface area contributed by atoms with Crippen molar-refractivity contribution in [3.63, 3.8) is 0 Å². The Morgan fingerprint density at radius 1 is 0.960 bits per heavy atom. The van der Waals surface area contributed by atoms with E-state index in [1.165, 1.54) is 0 Å². The number of rotatable bonds is 4. The van der Waals surface area contributed by atoms with Crippen LogP contribution >= 0.6 is 21.5 Å². The Balaban J connectivity index is 1.74. The fraction of sp³-hybridized carbons (Fsp3) is 0.150. The van der Waals surface area contributed by atoms with E-state index in [9.17, 15) is 0 Å². The van der Waals surface area contributed by atoms with E-state index in [1.807, 2.05) is 62.6 Å². The van der Waals surface area contributed by atoms with Gasteiger partial charge in [0.1, 0.15) is 18.1 Å². The Labute approximate surface area is 155 Å². The normalized spacial score (nSPS) is 10.5. The summed E-state index contributed by atoms with van der Waals surface area (Å²) in [6, 6.07) is 20.1. The average Bonchev–Trinajstić information content (AvgIpc) is 2.61. The topological polar surface area (TPSA) is 21.7 Å². The van der Waals surface area contributed by atoms with Crippen LogP contribution in [0.4, 0.5) is 0 Å². The summed E-state index contributed by atoms with van der Waals surface area (Å²) < 4.78 is 11.6. The summed E-state index contributed by atoms with van der Waals surface area (Å²) in [6.07, 6.45) is 0. The van der Waals surface area contributed by atoms with Crippen LogP contribution in [-0.2, 0) is 6.61 Å². The molecule has 3 rings (SSSR count). The zero-order valence-electron chi connectivity index (χ0n) is 14.2. The van der Waals surface area contributed by atoms with Crippen molar-refractivity contribution >= 4 is 42.7 Å². The Morgan fingerprint density at radius 3 is 2.28 bits per heavy atom. The highest BCUT2D eigenvalue weighted by molar-refractivity contribution is 7.80. The second-order valence-corrected chi connectivity index (χ2v) is 6.89. The van der Waals surface area contributed by atoms with Crippen molar-refractivity contribution in [1.82, 2.24) is 4.90 Å². The summed E-state index contributed by atoms with van der Waals surface area (Å²) in [6.45, 7) is 0.545. The summed E-state index contributed by atoms with van der Waals surface area (Å²) in [4.78, 5) is 1.76. The van der Waals surface area contributed by atoms with Gasteiger partial charge in [-0.3, -0.25) is 0 Å². The molecule has 0 saturated heterocycles. The standard InChI is InChI=1S/C20H20NO2PS/c1-21(2)20(25)23-18-10-8-14-11-17(9-7-15(14)12-18)22-13-16-5-3-4-6-19(16)24/h3-12H,13,24H2,1-2H3. The molecule has 0 fully saturated rings. The summed E-state index contributed by atoms with van der Waals surface area (Å²) in [5.41, 5.74) is 1.16. The lowest BCUT2D eigenvalue weighted by atomic mass is 10.1. The monoisotopic (exact) mass is 369 g/mol. The molecule has 0 spiro atoms. The molecule has 0 heterocycles. The minimum absolute atomic E-state index is 0.440. The molecule has 0 saturated carbocycles. The largest absolute Gasteiger partial charge is 0.489 e. The van der Waals surface area contributed by atoms with Gasteiger partial charge in [0.05, 0.1) is 0 Å². The van der Waals surface area contributed by atoms with E-state index in [1.54, 1.807) is 4.90 Å². The van der Waals surface area contributed by atoms with Gasteiger partial charge in [-0.1, -0.05) is 36.4 Å². The molecule has 0 aliphatic heterocycles. The van der Waals surface area contributed by atoms with E-state index in [2.05, 4.69) is 21.4 Å². The van der Waals surface area contributed by atoms with Crippen LogP contribution in [0.3, 0.4) is 0 Å². The SMILES string of the molecule is CN(C)C(=S)Oc1ccc2cc(OCc3ccccc3P)ccc2c1. The smallest absolute Gasteiger partial charge is 0.264 e. The average molecular weight is 369 g/mol. The van der Waals surface area contributed by atoms with Crippen molar-refractivity contribution in [3.05, 3.63) is 66.2 Å². The van der Waals surface area contributed by atoms with Crippen LogP contribution < -0.4 is 14.8 Å². The van der Waals surface area contributed by atoms with Gasteiger partial charge in [-0.15, -0.1) is 9.24 Å². The maximum Gasteiger partial charge on any atom is 0.264 e. The van der Waals surface area contributed by atoms with Crippen molar-refractivity contribution in [3.8, 4) is 11.5 Å². The summed E-state index contributed by atoms with van der Waals surface area (Å²) in [7, 11) is 6.46. The van der Waals surface area contributed by atoms with Crippen molar-refractivity contribution in [2.45, 2.75) is 6.61 Å². The first-order valence-electron chi connectivity index (χ1n) is 7.92. The van der Waals surface area contributed by atoms with Crippen molar-refractivity contribution in [2.75, 3.05) is 14.1 Å². The third-order valence-corrected chi connectivity index (χ3v) is 4.81. The van der Waals surface area contributed by atoms with E-state index in [0.717, 1.165) is 33.1 Å². The van der Waals surface area contributed by atoms with Gasteiger partial charge in [0.2, 0.25) is 0 Å². The molecule has 0 aliphatic carbocycles. The summed E-state index contributed by atoms with van der Waals surface area (Å²) in [5, 5.41) is 3.77. The van der Waals surface area contributed by atoms with E-state index >= 15 is 0 Å². The lowest BCUT2D eigenvalue weighted by Gasteiger charge is -2.14. The second kappa shape index (κ2) is 7.81. The molecule has 0 aromatic heterocycles. The van der Waals surface area contributed by atoms with Crippen molar-refractivity contribution in [1.29, 1.82) is 0 Å². The van der Waals surface area contributed by atoms with Crippen LogP contribution in [0.25, 0.3) is 10.8 Å². The molecule has 5 heteroatoms. The zero-order valence-corrected chi connectivity index (χ0v) is 16.2. The third kappa shape index (κ3) is 4.47. The van der Waals surface area contributed by atoms with Crippen LogP contribution in [0.2, 0.25) is 0 Å². The first-order chi connectivity index (χ1) is 12.0. The van der Waals surface area contributed by atoms with Gasteiger partial charge < -0.3 is 14.4 Å². The van der Waals surface area contributed by atoms with Crippen LogP contribution in [-0.4, -0.2) is 24.2 Å². The van der Waals surface area contributed by atoms with Gasteiger partial charge >= 0.3 is 0 Å². The lowest BCUT2D eigenvalue weighted by molar-refractivity contribution is 0.307. The summed E-state index contributed by atoms with van der Waals surface area (Å²) >= 11 is 5.18. The van der Waals surface area contributed by atoms with Crippen molar-refractivity contribution in [2.24, 2.45) is 0 Å². The highest BCUT2D eigenvalue weighted by atomic mass is 32.1. The van der Waals surface area contributed by atoms with Gasteiger partial charge in [-0.2, -0.15) is 0 Å². The molecule has 25 heavy (non-hydrogen) atoms. The zero-order chi connectivity index (χ0) is 17.8. The molecule has 3 aromatic rings. The fourth-order valence-electron chi connectivity index (χ4n) is 2.37. The number of thiocarbonyl (C=S) groups is 1. The van der Waals surface area contributed by atoms with Crippen LogP contribution in [0.5, 0.6) is 11.5 Å². The predicted octanol–water partition coefficient (Wildman–Crippen LogP) is 4.14. The molecule has 128 valence electrons. The Kier molecular flexibility index (Phi) is 5.52. The first-order valence-corrected chi connectivity index (χ1v) is 8.90. The Morgan fingerprint density at radius 2 is 1.60 bits per heavy atom. The molecular weight excluding hydrogens is 349 g/mol. The number of fused-ring (bicyclic) bond motifs is 1. The highest BCUT2D eigenvalue weighted by Crippen LogP contribution is 2.25. The second-order valence-electron chi connectivity index (χ2n) is 5.92. The molecule has 0 N–H and O–H groups in total. The molecule has 0 radical (unpaired) electrons. The molecular formula is C20H20NO2PS. The molecule has 1 atom stereocenters. The molecule has 0 amide bonds. The Bertz CT molecular complexity index is 911. The molecule has 3 nitrogen and oxygen atoms in total. The summed E-state index contributed by atoms with van der Waals surface area (Å²) in [5.74, 6) is 1.58. The number of hydrogen-bond donors (Lipinski definition) is 0. The number of benzene rings is 3. The Hall–Kier alpha value is -2.16. The lowest BCUT2D eigenvalue weighted by Crippen LogP contribution is -2.24. The van der Waals surface area contributed by atoms with E-state index in [-0.39, 0.29) is 0 Å². The van der Waals surface area contributed by atoms with E-state index < -0.39 is 0 Å². The maximum atomic E-state index is 5.94. The first kappa shape index (κ1) is 17.7. The predicted molar refractivity (Wildman–Crippen MR) is 111 cm³/mol. The fourth-order valence-corrected chi connectivity index (χ4v) is 2.76. The minimum Gasteiger partial charge on any atom is -0.489 e. The van der Waals surface area contributed by atoms with Gasteiger partial charge in [0, 0.05) is 14.1 Å². The van der Waals surface area contributed by atoms with Gasteiger partial charge in [0.15, 0.2) is 0 Å². The van der Waals surface area contributed by atoms with Crippen LogP contribution in [0.1, 0.15) is 5.56 Å².